The van der Waals surface area contributed by atoms with Crippen LogP contribution in [0.4, 0.5) is 4.39 Å². The lowest BCUT2D eigenvalue weighted by Crippen LogP contribution is -2.48. The van der Waals surface area contributed by atoms with Crippen LogP contribution in [0.3, 0.4) is 0 Å². The largest absolute Gasteiger partial charge is 0.377 e. The van der Waals surface area contributed by atoms with Crippen LogP contribution in [-0.4, -0.2) is 38.8 Å². The molecule has 0 saturated heterocycles. The van der Waals surface area contributed by atoms with E-state index in [2.05, 4.69) is 29.5 Å². The van der Waals surface area contributed by atoms with Gasteiger partial charge in [0.05, 0.1) is 5.60 Å². The third kappa shape index (κ3) is 7.48. The fourth-order valence-electron chi connectivity index (χ4n) is 1.90. The summed E-state index contributed by atoms with van der Waals surface area (Å²) in [4.78, 5) is 4.22. The van der Waals surface area contributed by atoms with Gasteiger partial charge in [0, 0.05) is 32.7 Å². The highest BCUT2D eigenvalue weighted by Crippen LogP contribution is 2.22. The normalized spacial score (nSPS) is 12.6. The number of guanidine groups is 1. The summed E-state index contributed by atoms with van der Waals surface area (Å²) in [6.07, 6.45) is 0. The molecular formula is C17H29FIN3O. The number of aliphatic imine (C=N–C) groups is 1. The Morgan fingerprint density at radius 2 is 1.61 bits per heavy atom. The van der Waals surface area contributed by atoms with E-state index in [4.69, 9.17) is 4.74 Å². The monoisotopic (exact) mass is 437 g/mol. The van der Waals surface area contributed by atoms with Gasteiger partial charge in [-0.25, -0.2) is 4.39 Å². The van der Waals surface area contributed by atoms with E-state index in [9.17, 15) is 4.39 Å². The molecule has 0 aliphatic heterocycles. The first-order valence-corrected chi connectivity index (χ1v) is 7.46. The van der Waals surface area contributed by atoms with Crippen molar-refractivity contribution in [2.75, 3.05) is 27.2 Å². The van der Waals surface area contributed by atoms with Crippen LogP contribution in [0, 0.1) is 5.82 Å². The quantitative estimate of drug-likeness (QED) is 0.408. The number of halogens is 2. The highest BCUT2D eigenvalue weighted by molar-refractivity contribution is 14.0. The van der Waals surface area contributed by atoms with Crippen LogP contribution in [0.25, 0.3) is 0 Å². The summed E-state index contributed by atoms with van der Waals surface area (Å²) >= 11 is 0. The maximum atomic E-state index is 13.0. The SMILES string of the molecule is CN=C(NCC(C)(C)OC)NCC(C)(C)c1ccc(F)cc1.I. The molecule has 0 bridgehead atoms. The summed E-state index contributed by atoms with van der Waals surface area (Å²) in [5.74, 6) is 0.507. The van der Waals surface area contributed by atoms with Gasteiger partial charge in [-0.1, -0.05) is 26.0 Å². The van der Waals surface area contributed by atoms with Gasteiger partial charge in [-0.15, -0.1) is 24.0 Å². The zero-order valence-corrected chi connectivity index (χ0v) is 17.2. The van der Waals surface area contributed by atoms with Gasteiger partial charge < -0.3 is 15.4 Å². The molecule has 0 radical (unpaired) electrons. The third-order valence-corrected chi connectivity index (χ3v) is 3.78. The molecule has 2 N–H and O–H groups in total. The van der Waals surface area contributed by atoms with E-state index < -0.39 is 0 Å². The molecule has 6 heteroatoms. The average Bonchev–Trinajstić information content (AvgIpc) is 2.48. The molecule has 0 aromatic heterocycles. The average molecular weight is 437 g/mol. The lowest BCUT2D eigenvalue weighted by atomic mass is 9.84. The standard InChI is InChI=1S/C17H28FN3O.HI/c1-16(2,13-7-9-14(18)10-8-13)11-20-15(19-5)21-12-17(3,4)22-6;/h7-10H,11-12H2,1-6H3,(H2,19,20,21);1H. The zero-order valence-electron chi connectivity index (χ0n) is 14.9. The molecule has 0 saturated carbocycles. The molecular weight excluding hydrogens is 408 g/mol. The summed E-state index contributed by atoms with van der Waals surface area (Å²) in [7, 11) is 3.43. The van der Waals surface area contributed by atoms with Crippen molar-refractivity contribution >= 4 is 29.9 Å². The van der Waals surface area contributed by atoms with Gasteiger partial charge in [-0.3, -0.25) is 4.99 Å². The van der Waals surface area contributed by atoms with Crippen molar-refractivity contribution in [3.05, 3.63) is 35.6 Å². The number of hydrogen-bond donors (Lipinski definition) is 2. The molecule has 1 aromatic rings. The maximum Gasteiger partial charge on any atom is 0.191 e. The van der Waals surface area contributed by atoms with Crippen molar-refractivity contribution in [2.45, 2.75) is 38.7 Å². The molecule has 0 unspecified atom stereocenters. The Hall–Kier alpha value is -0.890. The first kappa shape index (κ1) is 22.1. The van der Waals surface area contributed by atoms with Crippen molar-refractivity contribution in [1.82, 2.24) is 10.6 Å². The Kier molecular flexibility index (Phi) is 9.05. The second-order valence-electron chi connectivity index (χ2n) is 6.63. The smallest absolute Gasteiger partial charge is 0.191 e. The highest BCUT2D eigenvalue weighted by atomic mass is 127. The van der Waals surface area contributed by atoms with Gasteiger partial charge in [-0.2, -0.15) is 0 Å². The minimum Gasteiger partial charge on any atom is -0.377 e. The molecule has 0 amide bonds. The van der Waals surface area contributed by atoms with Crippen molar-refractivity contribution in [3.63, 3.8) is 0 Å². The highest BCUT2D eigenvalue weighted by Gasteiger charge is 2.22. The van der Waals surface area contributed by atoms with Crippen LogP contribution in [0.2, 0.25) is 0 Å². The van der Waals surface area contributed by atoms with E-state index in [0.29, 0.717) is 13.1 Å². The minimum absolute atomic E-state index is 0. The van der Waals surface area contributed by atoms with Crippen molar-refractivity contribution < 1.29 is 9.13 Å². The number of nitrogens with zero attached hydrogens (tertiary/aromatic N) is 1. The number of benzene rings is 1. The number of methoxy groups -OCH3 is 1. The summed E-state index contributed by atoms with van der Waals surface area (Å²) < 4.78 is 18.4. The number of hydrogen-bond acceptors (Lipinski definition) is 2. The van der Waals surface area contributed by atoms with Crippen LogP contribution in [0.5, 0.6) is 0 Å². The van der Waals surface area contributed by atoms with Gasteiger partial charge in [0.1, 0.15) is 5.82 Å². The predicted molar refractivity (Wildman–Crippen MR) is 105 cm³/mol. The molecule has 0 fully saturated rings. The van der Waals surface area contributed by atoms with Crippen LogP contribution in [-0.2, 0) is 10.2 Å². The van der Waals surface area contributed by atoms with Gasteiger partial charge in [-0.05, 0) is 31.5 Å². The molecule has 23 heavy (non-hydrogen) atoms. The van der Waals surface area contributed by atoms with E-state index in [1.165, 1.54) is 12.1 Å². The van der Waals surface area contributed by atoms with Crippen molar-refractivity contribution in [3.8, 4) is 0 Å². The molecule has 0 spiro atoms. The zero-order chi connectivity index (χ0) is 16.8. The topological polar surface area (TPSA) is 45.7 Å². The van der Waals surface area contributed by atoms with Gasteiger partial charge in [0.25, 0.3) is 0 Å². The fourth-order valence-corrected chi connectivity index (χ4v) is 1.90. The Bertz CT molecular complexity index is 501. The van der Waals surface area contributed by atoms with Crippen LogP contribution in [0.15, 0.2) is 29.3 Å². The van der Waals surface area contributed by atoms with Gasteiger partial charge in [0.15, 0.2) is 5.96 Å². The van der Waals surface area contributed by atoms with Gasteiger partial charge in [0.2, 0.25) is 0 Å². The first-order valence-electron chi connectivity index (χ1n) is 7.46. The van der Waals surface area contributed by atoms with Crippen molar-refractivity contribution in [2.24, 2.45) is 4.99 Å². The second-order valence-corrected chi connectivity index (χ2v) is 6.63. The van der Waals surface area contributed by atoms with Crippen LogP contribution >= 0.6 is 24.0 Å². The molecule has 1 aromatic carbocycles. The van der Waals surface area contributed by atoms with E-state index in [-0.39, 0.29) is 40.8 Å². The molecule has 4 nitrogen and oxygen atoms in total. The molecule has 0 aliphatic rings. The van der Waals surface area contributed by atoms with E-state index in [0.717, 1.165) is 11.5 Å². The lowest BCUT2D eigenvalue weighted by Gasteiger charge is -2.28. The summed E-state index contributed by atoms with van der Waals surface area (Å²) in [6.45, 7) is 9.58. The van der Waals surface area contributed by atoms with Gasteiger partial charge >= 0.3 is 0 Å². The maximum absolute atomic E-state index is 13.0. The van der Waals surface area contributed by atoms with E-state index >= 15 is 0 Å². The molecule has 1 rings (SSSR count). The Balaban J connectivity index is 0.00000484. The van der Waals surface area contributed by atoms with E-state index in [1.807, 2.05) is 26.0 Å². The number of ether oxygens (including phenoxy) is 1. The lowest BCUT2D eigenvalue weighted by molar-refractivity contribution is 0.0268. The summed E-state index contributed by atoms with van der Waals surface area (Å²) in [5.41, 5.74) is 0.681. The molecule has 132 valence electrons. The summed E-state index contributed by atoms with van der Waals surface area (Å²) in [5, 5.41) is 6.56. The number of nitrogens with one attached hydrogen (secondary N) is 2. The van der Waals surface area contributed by atoms with Crippen molar-refractivity contribution in [1.29, 1.82) is 0 Å². The first-order chi connectivity index (χ1) is 10.2. The van der Waals surface area contributed by atoms with Crippen LogP contribution < -0.4 is 10.6 Å². The van der Waals surface area contributed by atoms with Crippen LogP contribution in [0.1, 0.15) is 33.3 Å². The Morgan fingerprint density at radius 3 is 2.09 bits per heavy atom. The summed E-state index contributed by atoms with van der Waals surface area (Å²) in [6, 6.07) is 6.62. The molecule has 0 aliphatic carbocycles. The number of rotatable bonds is 6. The third-order valence-electron chi connectivity index (χ3n) is 3.78. The molecule has 0 atom stereocenters. The fraction of sp³-hybridized carbons (Fsp3) is 0.588. The predicted octanol–water partition coefficient (Wildman–Crippen LogP) is 3.31. The molecule has 0 heterocycles. The Labute approximate surface area is 156 Å². The minimum atomic E-state index is -0.260. The van der Waals surface area contributed by atoms with E-state index in [1.54, 1.807) is 14.2 Å². The Morgan fingerprint density at radius 1 is 1.09 bits per heavy atom. The second kappa shape index (κ2) is 9.42.